The second-order valence-electron chi connectivity index (χ2n) is 3.74. The van der Waals surface area contributed by atoms with Gasteiger partial charge in [0.15, 0.2) is 5.57 Å². The predicted octanol–water partition coefficient (Wildman–Crippen LogP) is 1.39. The van der Waals surface area contributed by atoms with E-state index in [2.05, 4.69) is 15.3 Å². The zero-order valence-corrected chi connectivity index (χ0v) is 11.9. The minimum Gasteiger partial charge on any atom is -0.462 e. The van der Waals surface area contributed by atoms with Crippen molar-refractivity contribution in [3.05, 3.63) is 23.8 Å². The van der Waals surface area contributed by atoms with E-state index >= 15 is 0 Å². The van der Waals surface area contributed by atoms with Gasteiger partial charge in [0.25, 0.3) is 0 Å². The maximum absolute atomic E-state index is 11.7. The number of aromatic nitrogens is 2. The van der Waals surface area contributed by atoms with E-state index in [1.54, 1.807) is 20.0 Å². The summed E-state index contributed by atoms with van der Waals surface area (Å²) in [7, 11) is 0. The monoisotopic (exact) mass is 281 g/mol. The number of aryl methyl sites for hydroxylation is 1. The number of carbonyl (C=O) groups is 2. The summed E-state index contributed by atoms with van der Waals surface area (Å²) in [6, 6.07) is 0. The molecular formula is C13H19N3O4. The second-order valence-corrected chi connectivity index (χ2v) is 3.74. The molecule has 110 valence electrons. The smallest absolute Gasteiger partial charge is 0.347 e. The number of imidazole rings is 1. The Hall–Kier alpha value is -2.31. The van der Waals surface area contributed by atoms with Gasteiger partial charge in [-0.05, 0) is 13.8 Å². The number of aromatic amines is 1. The van der Waals surface area contributed by atoms with Crippen LogP contribution in [0, 0.1) is 0 Å². The Morgan fingerprint density at radius 3 is 2.30 bits per heavy atom. The molecule has 0 aliphatic heterocycles. The highest BCUT2D eigenvalue weighted by Gasteiger charge is 2.20. The molecule has 0 aliphatic carbocycles. The maximum atomic E-state index is 11.7. The van der Waals surface area contributed by atoms with Crippen molar-refractivity contribution in [3.63, 3.8) is 0 Å². The average molecular weight is 281 g/mol. The third kappa shape index (κ3) is 4.42. The summed E-state index contributed by atoms with van der Waals surface area (Å²) in [5, 5.41) is 2.80. The number of ether oxygens (including phenoxy) is 2. The first-order chi connectivity index (χ1) is 9.62. The summed E-state index contributed by atoms with van der Waals surface area (Å²) in [5.74, 6) is -0.0787. The second kappa shape index (κ2) is 7.98. The van der Waals surface area contributed by atoms with Crippen LogP contribution < -0.4 is 5.32 Å². The fourth-order valence-electron chi connectivity index (χ4n) is 1.38. The molecule has 0 amide bonds. The Labute approximate surface area is 117 Å². The van der Waals surface area contributed by atoms with E-state index in [1.165, 1.54) is 6.20 Å². The standard InChI is InChI=1S/C13H19N3O4/c1-4-10-15-8-11(16-10)14-7-9(12(17)19-5-2)13(18)20-6-3/h7-8,14H,4-6H2,1-3H3,(H,15,16). The first-order valence-corrected chi connectivity index (χ1v) is 6.47. The molecule has 20 heavy (non-hydrogen) atoms. The molecule has 0 unspecified atom stereocenters. The molecule has 2 N–H and O–H groups in total. The third-order valence-corrected chi connectivity index (χ3v) is 2.33. The van der Waals surface area contributed by atoms with Gasteiger partial charge in [0.05, 0.1) is 19.4 Å². The van der Waals surface area contributed by atoms with E-state index in [0.29, 0.717) is 5.82 Å². The quantitative estimate of drug-likeness (QED) is 0.339. The van der Waals surface area contributed by atoms with E-state index < -0.39 is 11.9 Å². The van der Waals surface area contributed by atoms with Gasteiger partial charge in [-0.2, -0.15) is 0 Å². The van der Waals surface area contributed by atoms with Crippen molar-refractivity contribution < 1.29 is 19.1 Å². The molecule has 0 saturated carbocycles. The van der Waals surface area contributed by atoms with Crippen LogP contribution >= 0.6 is 0 Å². The Morgan fingerprint density at radius 2 is 1.85 bits per heavy atom. The number of rotatable bonds is 7. The minimum absolute atomic E-state index is 0.180. The summed E-state index contributed by atoms with van der Waals surface area (Å²) in [6.45, 7) is 5.65. The van der Waals surface area contributed by atoms with Gasteiger partial charge in [-0.1, -0.05) is 6.92 Å². The van der Waals surface area contributed by atoms with Gasteiger partial charge in [0, 0.05) is 12.6 Å². The molecular weight excluding hydrogens is 262 g/mol. The summed E-state index contributed by atoms with van der Waals surface area (Å²) in [5.41, 5.74) is -0.193. The largest absolute Gasteiger partial charge is 0.462 e. The number of carbonyl (C=O) groups excluding carboxylic acids is 2. The SMILES string of the molecule is CCOC(=O)C(=CNc1cnc(CC)[nH]1)C(=O)OCC. The van der Waals surface area contributed by atoms with E-state index in [1.807, 2.05) is 6.92 Å². The Bertz CT molecular complexity index is 474. The molecule has 7 nitrogen and oxygen atoms in total. The molecule has 1 aromatic rings. The van der Waals surface area contributed by atoms with Gasteiger partial charge >= 0.3 is 11.9 Å². The van der Waals surface area contributed by atoms with Crippen molar-refractivity contribution >= 4 is 17.8 Å². The van der Waals surface area contributed by atoms with E-state index in [9.17, 15) is 9.59 Å². The highest BCUT2D eigenvalue weighted by molar-refractivity contribution is 6.14. The molecule has 0 radical (unpaired) electrons. The van der Waals surface area contributed by atoms with Crippen LogP contribution in [-0.2, 0) is 25.5 Å². The van der Waals surface area contributed by atoms with Gasteiger partial charge in [0.1, 0.15) is 11.6 Å². The van der Waals surface area contributed by atoms with Crippen molar-refractivity contribution in [2.75, 3.05) is 18.5 Å². The van der Waals surface area contributed by atoms with E-state index in [-0.39, 0.29) is 18.8 Å². The summed E-state index contributed by atoms with van der Waals surface area (Å²) in [4.78, 5) is 30.5. The van der Waals surface area contributed by atoms with Gasteiger partial charge in [-0.3, -0.25) is 0 Å². The normalized spacial score (nSPS) is 9.75. The number of esters is 2. The minimum atomic E-state index is -0.728. The lowest BCUT2D eigenvalue weighted by Crippen LogP contribution is -2.19. The Morgan fingerprint density at radius 1 is 1.25 bits per heavy atom. The zero-order valence-electron chi connectivity index (χ0n) is 11.9. The van der Waals surface area contributed by atoms with Crippen LogP contribution in [0.15, 0.2) is 18.0 Å². The van der Waals surface area contributed by atoms with Crippen molar-refractivity contribution in [1.82, 2.24) is 9.97 Å². The van der Waals surface area contributed by atoms with Gasteiger partial charge in [-0.25, -0.2) is 14.6 Å². The number of nitrogens with one attached hydrogen (secondary N) is 2. The summed E-state index contributed by atoms with van der Waals surface area (Å²) < 4.78 is 9.62. The van der Waals surface area contributed by atoms with Crippen molar-refractivity contribution in [1.29, 1.82) is 0 Å². The van der Waals surface area contributed by atoms with E-state index in [0.717, 1.165) is 12.2 Å². The Kier molecular flexibility index (Phi) is 6.28. The number of H-pyrrole nitrogens is 1. The first kappa shape index (κ1) is 15.7. The molecule has 0 fully saturated rings. The molecule has 0 aliphatic rings. The maximum Gasteiger partial charge on any atom is 0.347 e. The van der Waals surface area contributed by atoms with Crippen LogP contribution in [0.1, 0.15) is 26.6 Å². The third-order valence-electron chi connectivity index (χ3n) is 2.33. The lowest BCUT2D eigenvalue weighted by atomic mass is 10.3. The Balaban J connectivity index is 2.83. The van der Waals surface area contributed by atoms with Crippen molar-refractivity contribution in [2.45, 2.75) is 27.2 Å². The molecule has 0 atom stereocenters. The zero-order chi connectivity index (χ0) is 15.0. The van der Waals surface area contributed by atoms with Crippen LogP contribution in [-0.4, -0.2) is 35.1 Å². The van der Waals surface area contributed by atoms with Crippen LogP contribution in [0.5, 0.6) is 0 Å². The first-order valence-electron chi connectivity index (χ1n) is 6.47. The summed E-state index contributed by atoms with van der Waals surface area (Å²) in [6.07, 6.45) is 3.58. The molecule has 1 rings (SSSR count). The lowest BCUT2D eigenvalue weighted by molar-refractivity contribution is -0.146. The summed E-state index contributed by atoms with van der Waals surface area (Å²) >= 11 is 0. The molecule has 0 aromatic carbocycles. The van der Waals surface area contributed by atoms with Gasteiger partial charge in [0.2, 0.25) is 0 Å². The van der Waals surface area contributed by atoms with Crippen molar-refractivity contribution in [3.8, 4) is 0 Å². The highest BCUT2D eigenvalue weighted by Crippen LogP contribution is 2.07. The molecule has 0 bridgehead atoms. The topological polar surface area (TPSA) is 93.3 Å². The highest BCUT2D eigenvalue weighted by atomic mass is 16.6. The van der Waals surface area contributed by atoms with Crippen LogP contribution in [0.25, 0.3) is 0 Å². The number of hydrogen-bond acceptors (Lipinski definition) is 6. The van der Waals surface area contributed by atoms with Crippen molar-refractivity contribution in [2.24, 2.45) is 0 Å². The number of hydrogen-bond donors (Lipinski definition) is 2. The predicted molar refractivity (Wildman–Crippen MR) is 72.9 cm³/mol. The van der Waals surface area contributed by atoms with Crippen LogP contribution in [0.2, 0.25) is 0 Å². The molecule has 1 aromatic heterocycles. The number of anilines is 1. The molecule has 7 heteroatoms. The van der Waals surface area contributed by atoms with Crippen LogP contribution in [0.3, 0.4) is 0 Å². The fourth-order valence-corrected chi connectivity index (χ4v) is 1.38. The van der Waals surface area contributed by atoms with Gasteiger partial charge < -0.3 is 19.8 Å². The molecule has 1 heterocycles. The molecule has 0 saturated heterocycles. The number of nitrogens with zero attached hydrogens (tertiary/aromatic N) is 1. The fraction of sp³-hybridized carbons (Fsp3) is 0.462. The van der Waals surface area contributed by atoms with Gasteiger partial charge in [-0.15, -0.1) is 0 Å². The van der Waals surface area contributed by atoms with E-state index in [4.69, 9.17) is 9.47 Å². The lowest BCUT2D eigenvalue weighted by Gasteiger charge is -2.06. The van der Waals surface area contributed by atoms with Crippen LogP contribution in [0.4, 0.5) is 5.82 Å². The molecule has 0 spiro atoms. The average Bonchev–Trinajstić information content (AvgIpc) is 2.87.